The molecule has 1 amide bonds. The molecule has 1 atom stereocenters. The van der Waals surface area contributed by atoms with Gasteiger partial charge >= 0.3 is 0 Å². The number of ether oxygens (including phenoxy) is 5. The molecule has 0 fully saturated rings. The fourth-order valence-electron chi connectivity index (χ4n) is 4.20. The van der Waals surface area contributed by atoms with Gasteiger partial charge in [0.2, 0.25) is 29.6 Å². The normalized spacial score (nSPS) is 16.1. The van der Waals surface area contributed by atoms with E-state index in [4.69, 9.17) is 23.7 Å². The Morgan fingerprint density at radius 2 is 1.77 bits per heavy atom. The number of carbonyl (C=O) groups is 1. The number of benzene rings is 1. The Morgan fingerprint density at radius 1 is 1.07 bits per heavy atom. The predicted octanol–water partition coefficient (Wildman–Crippen LogP) is 2.59. The van der Waals surface area contributed by atoms with E-state index in [2.05, 4.69) is 5.32 Å². The van der Waals surface area contributed by atoms with E-state index in [1.807, 2.05) is 0 Å². The van der Waals surface area contributed by atoms with E-state index in [1.54, 1.807) is 26.4 Å². The number of fused-ring (bicyclic) bond motifs is 4. The third kappa shape index (κ3) is 3.08. The minimum absolute atomic E-state index is 0.0629. The minimum atomic E-state index is -0.374. The first kappa shape index (κ1) is 19.9. The SMILES string of the molecule is COc1c2c(c(OC)c3c1OCO3)-c1ccc(OC)c(=O)cc1[C@@H](NC(C)=O)CC2. The van der Waals surface area contributed by atoms with Crippen LogP contribution in [0, 0.1) is 0 Å². The standard InChI is InChI=1S/C22H23NO7/c1-11(24)23-15-7-5-13-18(12-6-8-17(26-2)16(25)9-14(12)15)20(28-4)22-21(19(13)27-3)29-10-30-22/h6,8-9,15H,5,7,10H2,1-4H3,(H,23,24)/t15-/m0/s1. The van der Waals surface area contributed by atoms with Crippen molar-refractivity contribution in [1.29, 1.82) is 0 Å². The van der Waals surface area contributed by atoms with E-state index >= 15 is 0 Å². The number of rotatable bonds is 4. The zero-order valence-electron chi connectivity index (χ0n) is 17.3. The van der Waals surface area contributed by atoms with Crippen molar-refractivity contribution in [3.05, 3.63) is 39.5 Å². The van der Waals surface area contributed by atoms with Crippen LogP contribution < -0.4 is 34.4 Å². The first-order valence-corrected chi connectivity index (χ1v) is 9.56. The fraction of sp³-hybridized carbons (Fsp3) is 0.364. The maximum absolute atomic E-state index is 12.7. The van der Waals surface area contributed by atoms with Crippen molar-refractivity contribution in [3.63, 3.8) is 0 Å². The van der Waals surface area contributed by atoms with E-state index in [9.17, 15) is 9.59 Å². The summed E-state index contributed by atoms with van der Waals surface area (Å²) in [5.74, 6) is 2.04. The molecule has 0 unspecified atom stereocenters. The summed E-state index contributed by atoms with van der Waals surface area (Å²) in [6.45, 7) is 1.52. The molecule has 2 aromatic carbocycles. The van der Waals surface area contributed by atoms with E-state index in [0.29, 0.717) is 41.4 Å². The molecule has 158 valence electrons. The Bertz CT molecular complexity index is 1080. The lowest BCUT2D eigenvalue weighted by molar-refractivity contribution is -0.119. The molecule has 2 aromatic rings. The molecule has 1 aliphatic heterocycles. The maximum Gasteiger partial charge on any atom is 0.231 e. The lowest BCUT2D eigenvalue weighted by Crippen LogP contribution is -2.26. The molecular formula is C22H23NO7. The molecule has 8 nitrogen and oxygen atoms in total. The minimum Gasteiger partial charge on any atom is -0.493 e. The summed E-state index contributed by atoms with van der Waals surface area (Å²) in [5.41, 5.74) is 2.75. The molecule has 0 aromatic heterocycles. The summed E-state index contributed by atoms with van der Waals surface area (Å²) in [6.07, 6.45) is 1.13. The molecule has 0 saturated heterocycles. The molecule has 30 heavy (non-hydrogen) atoms. The van der Waals surface area contributed by atoms with E-state index in [-0.39, 0.29) is 29.9 Å². The monoisotopic (exact) mass is 413 g/mol. The summed E-state index contributed by atoms with van der Waals surface area (Å²) in [7, 11) is 4.58. The van der Waals surface area contributed by atoms with Gasteiger partial charge in [0.15, 0.2) is 17.2 Å². The number of hydrogen-bond donors (Lipinski definition) is 1. The number of carbonyl (C=O) groups excluding carboxylic acids is 1. The van der Waals surface area contributed by atoms with Crippen molar-refractivity contribution in [2.24, 2.45) is 0 Å². The van der Waals surface area contributed by atoms with Crippen LogP contribution in [0.25, 0.3) is 11.1 Å². The summed E-state index contributed by atoms with van der Waals surface area (Å²) in [5, 5.41) is 2.96. The molecule has 0 bridgehead atoms. The van der Waals surface area contributed by atoms with E-state index in [1.165, 1.54) is 20.1 Å². The number of hydrogen-bond acceptors (Lipinski definition) is 7. The largest absolute Gasteiger partial charge is 0.493 e. The Labute approximate surface area is 173 Å². The van der Waals surface area contributed by atoms with Crippen LogP contribution in [-0.4, -0.2) is 34.0 Å². The van der Waals surface area contributed by atoms with Gasteiger partial charge < -0.3 is 29.0 Å². The Morgan fingerprint density at radius 3 is 2.40 bits per heavy atom. The van der Waals surface area contributed by atoms with Crippen LogP contribution in [0.2, 0.25) is 0 Å². The van der Waals surface area contributed by atoms with Crippen molar-refractivity contribution in [1.82, 2.24) is 5.32 Å². The lowest BCUT2D eigenvalue weighted by Gasteiger charge is -2.19. The van der Waals surface area contributed by atoms with Crippen molar-refractivity contribution >= 4 is 5.91 Å². The average molecular weight is 413 g/mol. The third-order valence-electron chi connectivity index (χ3n) is 5.40. The topological polar surface area (TPSA) is 92.3 Å². The summed E-state index contributed by atoms with van der Waals surface area (Å²) in [4.78, 5) is 24.6. The second-order valence-corrected chi connectivity index (χ2v) is 7.06. The molecule has 1 heterocycles. The molecule has 1 aliphatic carbocycles. The summed E-state index contributed by atoms with van der Waals surface area (Å²) in [6, 6.07) is 4.57. The van der Waals surface area contributed by atoms with Crippen LogP contribution in [-0.2, 0) is 11.2 Å². The second-order valence-electron chi connectivity index (χ2n) is 7.06. The van der Waals surface area contributed by atoms with Gasteiger partial charge in [-0.15, -0.1) is 0 Å². The highest BCUT2D eigenvalue weighted by Crippen LogP contribution is 2.57. The molecule has 8 heteroatoms. The smallest absolute Gasteiger partial charge is 0.231 e. The van der Waals surface area contributed by atoms with Crippen LogP contribution >= 0.6 is 0 Å². The Kier molecular flexibility index (Phi) is 5.15. The zero-order chi connectivity index (χ0) is 21.4. The van der Waals surface area contributed by atoms with Crippen LogP contribution in [0.1, 0.15) is 30.5 Å². The van der Waals surface area contributed by atoms with Crippen LogP contribution in [0.3, 0.4) is 0 Å². The molecule has 0 saturated carbocycles. The molecule has 4 rings (SSSR count). The number of methoxy groups -OCH3 is 3. The lowest BCUT2D eigenvalue weighted by atomic mass is 9.94. The van der Waals surface area contributed by atoms with Crippen LogP contribution in [0.5, 0.6) is 28.7 Å². The average Bonchev–Trinajstić information content (AvgIpc) is 3.08. The van der Waals surface area contributed by atoms with Gasteiger partial charge in [-0.3, -0.25) is 9.59 Å². The van der Waals surface area contributed by atoms with Gasteiger partial charge in [0.1, 0.15) is 0 Å². The molecule has 2 aliphatic rings. The molecule has 0 radical (unpaired) electrons. The van der Waals surface area contributed by atoms with Gasteiger partial charge in [-0.2, -0.15) is 0 Å². The summed E-state index contributed by atoms with van der Waals surface area (Å²) < 4.78 is 28.0. The summed E-state index contributed by atoms with van der Waals surface area (Å²) >= 11 is 0. The highest BCUT2D eigenvalue weighted by atomic mass is 16.7. The van der Waals surface area contributed by atoms with Gasteiger partial charge in [-0.1, -0.05) is 6.07 Å². The molecular weight excluding hydrogens is 390 g/mol. The van der Waals surface area contributed by atoms with Crippen molar-refractivity contribution in [2.75, 3.05) is 28.1 Å². The first-order valence-electron chi connectivity index (χ1n) is 9.56. The Hall–Kier alpha value is -3.42. The highest BCUT2D eigenvalue weighted by molar-refractivity contribution is 5.86. The fourth-order valence-corrected chi connectivity index (χ4v) is 4.20. The number of amides is 1. The third-order valence-corrected chi connectivity index (χ3v) is 5.40. The predicted molar refractivity (Wildman–Crippen MR) is 109 cm³/mol. The van der Waals surface area contributed by atoms with Gasteiger partial charge in [0.05, 0.1) is 27.4 Å². The second kappa shape index (κ2) is 7.78. The first-order chi connectivity index (χ1) is 14.5. The van der Waals surface area contributed by atoms with Gasteiger partial charge in [0.25, 0.3) is 0 Å². The zero-order valence-corrected chi connectivity index (χ0v) is 17.3. The van der Waals surface area contributed by atoms with Crippen molar-refractivity contribution in [3.8, 4) is 39.9 Å². The van der Waals surface area contributed by atoms with Crippen LogP contribution in [0.15, 0.2) is 23.0 Å². The molecule has 1 N–H and O–H groups in total. The molecule has 0 spiro atoms. The van der Waals surface area contributed by atoms with Gasteiger partial charge in [0, 0.05) is 18.1 Å². The van der Waals surface area contributed by atoms with Crippen LogP contribution in [0.4, 0.5) is 0 Å². The van der Waals surface area contributed by atoms with Crippen molar-refractivity contribution in [2.45, 2.75) is 25.8 Å². The maximum atomic E-state index is 12.7. The quantitative estimate of drug-likeness (QED) is 0.824. The highest BCUT2D eigenvalue weighted by Gasteiger charge is 2.35. The Balaban J connectivity index is 2.11. The van der Waals surface area contributed by atoms with E-state index < -0.39 is 0 Å². The number of nitrogens with one attached hydrogen (secondary N) is 1. The van der Waals surface area contributed by atoms with Gasteiger partial charge in [-0.05, 0) is 36.1 Å². The van der Waals surface area contributed by atoms with Crippen molar-refractivity contribution < 1.29 is 28.5 Å². The van der Waals surface area contributed by atoms with Gasteiger partial charge in [-0.25, -0.2) is 0 Å². The van der Waals surface area contributed by atoms with E-state index in [0.717, 1.165) is 16.7 Å².